The Balaban J connectivity index is 1.63. The van der Waals surface area contributed by atoms with Gasteiger partial charge in [-0.3, -0.25) is 19.8 Å². The maximum Gasteiger partial charge on any atom is 0.266 e. The molecule has 0 unspecified atom stereocenters. The van der Waals surface area contributed by atoms with Gasteiger partial charge >= 0.3 is 0 Å². The van der Waals surface area contributed by atoms with E-state index in [2.05, 4.69) is 29.4 Å². The van der Waals surface area contributed by atoms with Gasteiger partial charge in [-0.2, -0.15) is 0 Å². The molecule has 6 nitrogen and oxygen atoms in total. The molecule has 0 atom stereocenters. The molecule has 1 saturated heterocycles. The van der Waals surface area contributed by atoms with Crippen LogP contribution in [0.1, 0.15) is 30.0 Å². The number of carbonyl (C=O) groups excluding carboxylic acids is 2. The molecule has 3 rings (SSSR count). The first-order valence-corrected chi connectivity index (χ1v) is 10.8. The topological polar surface area (TPSA) is 75.2 Å². The van der Waals surface area contributed by atoms with Gasteiger partial charge in [0.1, 0.15) is 15.9 Å². The van der Waals surface area contributed by atoms with Crippen molar-refractivity contribution in [2.75, 3.05) is 11.9 Å². The van der Waals surface area contributed by atoms with Crippen molar-refractivity contribution in [2.24, 2.45) is 5.92 Å². The Hall–Kier alpha value is -2.10. The fourth-order valence-corrected chi connectivity index (χ4v) is 4.71. The van der Waals surface area contributed by atoms with Crippen LogP contribution in [0.3, 0.4) is 0 Å². The number of hydrogen-bond acceptors (Lipinski definition) is 7. The van der Waals surface area contributed by atoms with Crippen LogP contribution < -0.4 is 5.32 Å². The lowest BCUT2D eigenvalue weighted by Crippen LogP contribution is -2.36. The molecule has 1 aromatic carbocycles. The van der Waals surface area contributed by atoms with Crippen LogP contribution in [-0.4, -0.2) is 37.8 Å². The summed E-state index contributed by atoms with van der Waals surface area (Å²) in [6, 6.07) is 7.85. The number of nitrogens with zero attached hydrogens (tertiary/aromatic N) is 3. The molecule has 2 heterocycles. The molecule has 0 spiro atoms. The third-order valence-electron chi connectivity index (χ3n) is 3.85. The molecule has 1 N–H and O–H groups in total. The van der Waals surface area contributed by atoms with Gasteiger partial charge in [0.2, 0.25) is 11.0 Å². The van der Waals surface area contributed by atoms with Crippen LogP contribution in [-0.2, 0) is 16.0 Å². The van der Waals surface area contributed by atoms with Crippen molar-refractivity contribution >= 4 is 62.7 Å². The summed E-state index contributed by atoms with van der Waals surface area (Å²) in [7, 11) is 0. The smallest absolute Gasteiger partial charge is 0.266 e. The highest BCUT2D eigenvalue weighted by atomic mass is 32.2. The van der Waals surface area contributed by atoms with Crippen molar-refractivity contribution in [1.29, 1.82) is 0 Å². The van der Waals surface area contributed by atoms with Crippen LogP contribution >= 0.6 is 35.3 Å². The molecule has 1 aliphatic heterocycles. The zero-order valence-electron chi connectivity index (χ0n) is 15.8. The summed E-state index contributed by atoms with van der Waals surface area (Å²) in [6.07, 6.45) is 2.60. The fraction of sp³-hybridized carbons (Fsp3) is 0.316. The van der Waals surface area contributed by atoms with Gasteiger partial charge in [-0.25, -0.2) is 0 Å². The van der Waals surface area contributed by atoms with Gasteiger partial charge in [0.15, 0.2) is 0 Å². The van der Waals surface area contributed by atoms with Gasteiger partial charge in [0.05, 0.1) is 4.91 Å². The minimum absolute atomic E-state index is 0.144. The number of amides is 2. The van der Waals surface area contributed by atoms with Crippen LogP contribution in [0.25, 0.3) is 6.08 Å². The summed E-state index contributed by atoms with van der Waals surface area (Å²) in [4.78, 5) is 26.8. The van der Waals surface area contributed by atoms with Crippen LogP contribution in [0.15, 0.2) is 29.2 Å². The Kier molecular flexibility index (Phi) is 6.58. The van der Waals surface area contributed by atoms with E-state index in [0.29, 0.717) is 20.3 Å². The number of hydrogen-bond donors (Lipinski definition) is 1. The number of carbonyl (C=O) groups is 2. The molecular weight excluding hydrogens is 412 g/mol. The molecule has 0 saturated carbocycles. The second-order valence-corrected chi connectivity index (χ2v) is 9.56. The van der Waals surface area contributed by atoms with E-state index in [1.165, 1.54) is 28.0 Å². The maximum atomic E-state index is 12.6. The number of benzene rings is 1. The van der Waals surface area contributed by atoms with E-state index < -0.39 is 0 Å². The second-order valence-electron chi connectivity index (χ2n) is 6.83. The SMILES string of the molecule is Cc1ccc(C=C2SC(=S)N(CC(=O)Nc3nnc(CC(C)C)s3)C2=O)cc1. The number of anilines is 1. The molecular formula is C19H20N4O2S3. The first kappa shape index (κ1) is 20.6. The molecule has 2 amide bonds. The second kappa shape index (κ2) is 8.93. The van der Waals surface area contributed by atoms with E-state index in [1.54, 1.807) is 6.08 Å². The van der Waals surface area contributed by atoms with Gasteiger partial charge in [0, 0.05) is 6.42 Å². The van der Waals surface area contributed by atoms with Crippen molar-refractivity contribution in [2.45, 2.75) is 27.2 Å². The Morgan fingerprint density at radius 2 is 2.00 bits per heavy atom. The summed E-state index contributed by atoms with van der Waals surface area (Å²) in [5, 5.41) is 12.1. The lowest BCUT2D eigenvalue weighted by atomic mass is 10.1. The molecule has 0 radical (unpaired) electrons. The predicted molar refractivity (Wildman–Crippen MR) is 118 cm³/mol. The first-order chi connectivity index (χ1) is 13.3. The van der Waals surface area contributed by atoms with Crippen LogP contribution in [0.2, 0.25) is 0 Å². The third-order valence-corrected chi connectivity index (χ3v) is 6.09. The van der Waals surface area contributed by atoms with Gasteiger partial charge in [-0.15, -0.1) is 10.2 Å². The lowest BCUT2D eigenvalue weighted by Gasteiger charge is -2.13. The number of aryl methyl sites for hydroxylation is 1. The molecule has 0 aliphatic carbocycles. The minimum atomic E-state index is -0.347. The molecule has 1 aliphatic rings. The summed E-state index contributed by atoms with van der Waals surface area (Å²) in [5.41, 5.74) is 2.07. The van der Waals surface area contributed by atoms with Crippen molar-refractivity contribution in [3.05, 3.63) is 45.3 Å². The molecule has 146 valence electrons. The van der Waals surface area contributed by atoms with Gasteiger partial charge in [-0.05, 0) is 24.5 Å². The Labute approximate surface area is 177 Å². The van der Waals surface area contributed by atoms with E-state index in [-0.39, 0.29) is 18.4 Å². The monoisotopic (exact) mass is 432 g/mol. The average molecular weight is 433 g/mol. The normalized spacial score (nSPS) is 15.7. The standard InChI is InChI=1S/C19H20N4O2S3/c1-11(2)8-16-21-22-18(28-16)20-15(24)10-23-17(25)14(27-19(23)26)9-13-6-4-12(3)5-7-13/h4-7,9,11H,8,10H2,1-3H3,(H,20,22,24). The number of rotatable bonds is 6. The van der Waals surface area contributed by atoms with E-state index >= 15 is 0 Å². The fourth-order valence-electron chi connectivity index (χ4n) is 2.49. The average Bonchev–Trinajstić information content (AvgIpc) is 3.15. The van der Waals surface area contributed by atoms with Gasteiger partial charge in [-0.1, -0.05) is 79.0 Å². The number of thioether (sulfide) groups is 1. The number of aromatic nitrogens is 2. The zero-order valence-corrected chi connectivity index (χ0v) is 18.2. The highest BCUT2D eigenvalue weighted by Gasteiger charge is 2.33. The van der Waals surface area contributed by atoms with Crippen LogP contribution in [0.4, 0.5) is 5.13 Å². The van der Waals surface area contributed by atoms with Crippen molar-refractivity contribution in [3.63, 3.8) is 0 Å². The number of nitrogens with one attached hydrogen (secondary N) is 1. The molecule has 1 fully saturated rings. The molecule has 1 aromatic heterocycles. The van der Waals surface area contributed by atoms with Crippen LogP contribution in [0.5, 0.6) is 0 Å². The Bertz CT molecular complexity index is 935. The predicted octanol–water partition coefficient (Wildman–Crippen LogP) is 3.88. The molecule has 28 heavy (non-hydrogen) atoms. The van der Waals surface area contributed by atoms with Gasteiger partial charge in [0.25, 0.3) is 5.91 Å². The summed E-state index contributed by atoms with van der Waals surface area (Å²) in [5.74, 6) is -0.143. The third kappa shape index (κ3) is 5.24. The van der Waals surface area contributed by atoms with Crippen molar-refractivity contribution in [3.8, 4) is 0 Å². The summed E-state index contributed by atoms with van der Waals surface area (Å²) in [6.45, 7) is 6.05. The Morgan fingerprint density at radius 1 is 1.29 bits per heavy atom. The highest BCUT2D eigenvalue weighted by molar-refractivity contribution is 8.26. The van der Waals surface area contributed by atoms with Crippen molar-refractivity contribution in [1.82, 2.24) is 15.1 Å². The largest absolute Gasteiger partial charge is 0.299 e. The van der Waals surface area contributed by atoms with E-state index in [9.17, 15) is 9.59 Å². The van der Waals surface area contributed by atoms with E-state index in [4.69, 9.17) is 12.2 Å². The minimum Gasteiger partial charge on any atom is -0.299 e. The zero-order chi connectivity index (χ0) is 20.3. The molecule has 2 aromatic rings. The highest BCUT2D eigenvalue weighted by Crippen LogP contribution is 2.32. The Morgan fingerprint density at radius 3 is 2.68 bits per heavy atom. The van der Waals surface area contributed by atoms with E-state index in [0.717, 1.165) is 22.6 Å². The first-order valence-electron chi connectivity index (χ1n) is 8.76. The van der Waals surface area contributed by atoms with Crippen molar-refractivity contribution < 1.29 is 9.59 Å². The van der Waals surface area contributed by atoms with Gasteiger partial charge < -0.3 is 0 Å². The summed E-state index contributed by atoms with van der Waals surface area (Å²) < 4.78 is 0.372. The molecule has 0 bridgehead atoms. The quantitative estimate of drug-likeness (QED) is 0.551. The lowest BCUT2D eigenvalue weighted by molar-refractivity contribution is -0.126. The van der Waals surface area contributed by atoms with Crippen LogP contribution in [0, 0.1) is 12.8 Å². The molecule has 9 heteroatoms. The van der Waals surface area contributed by atoms with E-state index in [1.807, 2.05) is 31.2 Å². The number of thiocarbonyl (C=S) groups is 1. The maximum absolute atomic E-state index is 12.6. The summed E-state index contributed by atoms with van der Waals surface area (Å²) >= 11 is 7.84.